The Labute approximate surface area is 148 Å². The Bertz CT molecular complexity index is 610. The Hall–Kier alpha value is -1.37. The van der Waals surface area contributed by atoms with Gasteiger partial charge in [-0.15, -0.1) is 0 Å². The van der Waals surface area contributed by atoms with E-state index in [1.165, 1.54) is 11.3 Å². The van der Waals surface area contributed by atoms with E-state index in [0.29, 0.717) is 17.8 Å². The molecule has 1 saturated carbocycles. The number of aromatic nitrogens is 2. The van der Waals surface area contributed by atoms with E-state index in [-0.39, 0.29) is 0 Å². The van der Waals surface area contributed by atoms with Crippen molar-refractivity contribution in [2.45, 2.75) is 64.3 Å². The Morgan fingerprint density at radius 2 is 2.17 bits per heavy atom. The molecule has 1 heterocycles. The van der Waals surface area contributed by atoms with Crippen LogP contribution in [0.15, 0.2) is 4.99 Å². The minimum atomic E-state index is -0.699. The Kier molecular flexibility index (Phi) is 6.83. The van der Waals surface area contributed by atoms with Crippen LogP contribution in [0.2, 0.25) is 0 Å². The molecular formula is C17H31N5OS. The molecule has 24 heavy (non-hydrogen) atoms. The van der Waals surface area contributed by atoms with E-state index in [4.69, 9.17) is 0 Å². The highest BCUT2D eigenvalue weighted by Crippen LogP contribution is 2.23. The van der Waals surface area contributed by atoms with Gasteiger partial charge >= 0.3 is 0 Å². The van der Waals surface area contributed by atoms with Crippen LogP contribution in [0.1, 0.15) is 49.6 Å². The van der Waals surface area contributed by atoms with Crippen molar-refractivity contribution in [3.63, 3.8) is 0 Å². The lowest BCUT2D eigenvalue weighted by atomic mass is 9.95. The molecule has 2 rings (SSSR count). The van der Waals surface area contributed by atoms with Crippen molar-refractivity contribution < 1.29 is 4.21 Å². The minimum absolute atomic E-state index is 0.321. The van der Waals surface area contributed by atoms with Crippen LogP contribution in [0.4, 0.5) is 0 Å². The SMILES string of the molecule is CCS(=O)C1CCCC(NC(=NC)NCc2c(C)nn(C)c2C)C1. The van der Waals surface area contributed by atoms with Crippen LogP contribution in [0.25, 0.3) is 0 Å². The number of aryl methyl sites for hydroxylation is 2. The molecule has 1 aromatic rings. The first kappa shape index (κ1) is 19.0. The number of rotatable bonds is 5. The van der Waals surface area contributed by atoms with Gasteiger partial charge in [0.25, 0.3) is 0 Å². The van der Waals surface area contributed by atoms with Crippen LogP contribution in [0.3, 0.4) is 0 Å². The topological polar surface area (TPSA) is 71.3 Å². The van der Waals surface area contributed by atoms with E-state index >= 15 is 0 Å². The summed E-state index contributed by atoms with van der Waals surface area (Å²) in [7, 11) is 3.06. The molecule has 1 fully saturated rings. The van der Waals surface area contributed by atoms with E-state index in [9.17, 15) is 4.21 Å². The van der Waals surface area contributed by atoms with E-state index in [2.05, 4.69) is 27.6 Å². The third-order valence-electron chi connectivity index (χ3n) is 4.94. The van der Waals surface area contributed by atoms with Crippen molar-refractivity contribution in [1.29, 1.82) is 0 Å². The number of hydrogen-bond donors (Lipinski definition) is 2. The number of hydrogen-bond acceptors (Lipinski definition) is 3. The van der Waals surface area contributed by atoms with Gasteiger partial charge in [-0.2, -0.15) is 5.10 Å². The first-order valence-electron chi connectivity index (χ1n) is 8.79. The molecular weight excluding hydrogens is 322 g/mol. The fraction of sp³-hybridized carbons (Fsp3) is 0.765. The molecule has 3 unspecified atom stereocenters. The smallest absolute Gasteiger partial charge is 0.191 e. The Balaban J connectivity index is 1.91. The van der Waals surface area contributed by atoms with Crippen molar-refractivity contribution in [2.24, 2.45) is 12.0 Å². The molecule has 1 aliphatic carbocycles. The lowest BCUT2D eigenvalue weighted by Crippen LogP contribution is -2.46. The predicted molar refractivity (Wildman–Crippen MR) is 101 cm³/mol. The molecule has 1 aliphatic rings. The maximum atomic E-state index is 12.1. The van der Waals surface area contributed by atoms with Gasteiger partial charge in [0.15, 0.2) is 5.96 Å². The predicted octanol–water partition coefficient (Wildman–Crippen LogP) is 1.78. The van der Waals surface area contributed by atoms with Gasteiger partial charge in [0.2, 0.25) is 0 Å². The van der Waals surface area contributed by atoms with Gasteiger partial charge in [-0.25, -0.2) is 0 Å². The summed E-state index contributed by atoms with van der Waals surface area (Å²) in [5.74, 6) is 1.56. The monoisotopic (exact) mass is 353 g/mol. The second-order valence-electron chi connectivity index (χ2n) is 6.50. The maximum absolute atomic E-state index is 12.1. The zero-order valence-electron chi connectivity index (χ0n) is 15.6. The van der Waals surface area contributed by atoms with E-state index in [0.717, 1.165) is 43.1 Å². The molecule has 7 heteroatoms. The summed E-state index contributed by atoms with van der Waals surface area (Å²) >= 11 is 0. The average molecular weight is 354 g/mol. The number of aliphatic imine (C=N–C) groups is 1. The number of nitrogens with one attached hydrogen (secondary N) is 2. The zero-order valence-corrected chi connectivity index (χ0v) is 16.4. The lowest BCUT2D eigenvalue weighted by molar-refractivity contribution is 0.413. The van der Waals surface area contributed by atoms with Crippen LogP contribution < -0.4 is 10.6 Å². The normalized spacial score (nSPS) is 23.1. The lowest BCUT2D eigenvalue weighted by Gasteiger charge is -2.30. The minimum Gasteiger partial charge on any atom is -0.354 e. The number of guanidine groups is 1. The molecule has 0 saturated heterocycles. The van der Waals surface area contributed by atoms with Crippen molar-refractivity contribution in [3.05, 3.63) is 17.0 Å². The molecule has 0 spiro atoms. The van der Waals surface area contributed by atoms with Crippen molar-refractivity contribution >= 4 is 16.8 Å². The molecule has 0 aliphatic heterocycles. The van der Waals surface area contributed by atoms with Crippen molar-refractivity contribution in [3.8, 4) is 0 Å². The Morgan fingerprint density at radius 3 is 2.75 bits per heavy atom. The third kappa shape index (κ3) is 4.59. The molecule has 6 nitrogen and oxygen atoms in total. The van der Waals surface area contributed by atoms with Crippen molar-refractivity contribution in [2.75, 3.05) is 12.8 Å². The van der Waals surface area contributed by atoms with Crippen LogP contribution in [-0.4, -0.2) is 44.0 Å². The third-order valence-corrected chi connectivity index (χ3v) is 6.68. The van der Waals surface area contributed by atoms with Crippen molar-refractivity contribution in [1.82, 2.24) is 20.4 Å². The van der Waals surface area contributed by atoms with Gasteiger partial charge in [0, 0.05) is 59.7 Å². The fourth-order valence-electron chi connectivity index (χ4n) is 3.38. The summed E-state index contributed by atoms with van der Waals surface area (Å²) in [6.45, 7) is 6.83. The van der Waals surface area contributed by atoms with E-state index < -0.39 is 10.8 Å². The molecule has 0 aromatic carbocycles. The van der Waals surface area contributed by atoms with Gasteiger partial charge in [0.05, 0.1) is 5.69 Å². The van der Waals surface area contributed by atoms with E-state index in [1.54, 1.807) is 7.05 Å². The molecule has 3 atom stereocenters. The van der Waals surface area contributed by atoms with Gasteiger partial charge in [0.1, 0.15) is 0 Å². The quantitative estimate of drug-likeness (QED) is 0.625. The van der Waals surface area contributed by atoms with Gasteiger partial charge in [-0.05, 0) is 33.1 Å². The van der Waals surface area contributed by atoms with Crippen LogP contribution in [-0.2, 0) is 24.4 Å². The highest BCUT2D eigenvalue weighted by atomic mass is 32.2. The average Bonchev–Trinajstić information content (AvgIpc) is 2.83. The summed E-state index contributed by atoms with van der Waals surface area (Å²) in [6.07, 6.45) is 4.29. The molecule has 2 N–H and O–H groups in total. The van der Waals surface area contributed by atoms with Gasteiger partial charge in [-0.1, -0.05) is 13.3 Å². The summed E-state index contributed by atoms with van der Waals surface area (Å²) in [6, 6.07) is 0.349. The second kappa shape index (κ2) is 8.65. The fourth-order valence-corrected chi connectivity index (χ4v) is 4.73. The van der Waals surface area contributed by atoms with Gasteiger partial charge < -0.3 is 10.6 Å². The summed E-state index contributed by atoms with van der Waals surface area (Å²) in [5, 5.41) is 11.7. The largest absolute Gasteiger partial charge is 0.354 e. The Morgan fingerprint density at radius 1 is 1.42 bits per heavy atom. The summed E-state index contributed by atoms with van der Waals surface area (Å²) < 4.78 is 14.0. The van der Waals surface area contributed by atoms with Gasteiger partial charge in [-0.3, -0.25) is 13.9 Å². The van der Waals surface area contributed by atoms with Crippen LogP contribution in [0, 0.1) is 13.8 Å². The summed E-state index contributed by atoms with van der Waals surface area (Å²) in [4.78, 5) is 4.34. The number of nitrogens with zero attached hydrogens (tertiary/aromatic N) is 3. The highest BCUT2D eigenvalue weighted by Gasteiger charge is 2.26. The molecule has 0 amide bonds. The first-order valence-corrected chi connectivity index (χ1v) is 10.2. The second-order valence-corrected chi connectivity index (χ2v) is 8.50. The van der Waals surface area contributed by atoms with E-state index in [1.807, 2.05) is 25.6 Å². The highest BCUT2D eigenvalue weighted by molar-refractivity contribution is 7.85. The zero-order chi connectivity index (χ0) is 17.7. The molecule has 0 radical (unpaired) electrons. The van der Waals surface area contributed by atoms with Crippen LogP contribution in [0.5, 0.6) is 0 Å². The van der Waals surface area contributed by atoms with Crippen LogP contribution >= 0.6 is 0 Å². The summed E-state index contributed by atoms with van der Waals surface area (Å²) in [5.41, 5.74) is 3.44. The molecule has 136 valence electrons. The molecule has 1 aromatic heterocycles. The molecule has 0 bridgehead atoms. The first-order chi connectivity index (χ1) is 11.5. The standard InChI is InChI=1S/C17H31N5OS/c1-6-24(23)15-9-7-8-14(10-15)20-17(18-4)19-11-16-12(2)21-22(5)13(16)3/h14-15H,6-11H2,1-5H3,(H2,18,19,20). The maximum Gasteiger partial charge on any atom is 0.191 e.